The van der Waals surface area contributed by atoms with E-state index in [-0.39, 0.29) is 0 Å². The molecule has 0 atom stereocenters. The molecular formula is C6H8N2O2S. The zero-order valence-electron chi connectivity index (χ0n) is 5.97. The Hall–Kier alpha value is -1.10. The fourth-order valence-electron chi connectivity index (χ4n) is 0.629. The lowest BCUT2D eigenvalue weighted by molar-refractivity contribution is 0.612. The predicted molar refractivity (Wildman–Crippen MR) is 43.0 cm³/mol. The van der Waals surface area contributed by atoms with Crippen LogP contribution in [-0.4, -0.2) is 20.4 Å². The minimum absolute atomic E-state index is 0.434. The molecule has 0 unspecified atom stereocenters. The van der Waals surface area contributed by atoms with E-state index >= 15 is 0 Å². The maximum atomic E-state index is 10.4. The molecule has 0 aliphatic heterocycles. The largest absolute Gasteiger partial charge is 0.259 e. The third kappa shape index (κ3) is 1.91. The van der Waals surface area contributed by atoms with Crippen molar-refractivity contribution in [1.82, 2.24) is 4.98 Å². The first-order chi connectivity index (χ1) is 5.22. The van der Waals surface area contributed by atoms with Crippen molar-refractivity contribution >= 4 is 16.7 Å². The minimum Gasteiger partial charge on any atom is -0.259 e. The lowest BCUT2D eigenvalue weighted by Crippen LogP contribution is -2.14. The first kappa shape index (κ1) is 8.00. The molecule has 0 aliphatic rings. The summed E-state index contributed by atoms with van der Waals surface area (Å²) in [6, 6.07) is 5.10. The fourth-order valence-corrected chi connectivity index (χ4v) is 0.914. The van der Waals surface area contributed by atoms with Gasteiger partial charge in [-0.15, -0.1) is 0 Å². The highest BCUT2D eigenvalue weighted by molar-refractivity contribution is 7.74. The second kappa shape index (κ2) is 3.34. The van der Waals surface area contributed by atoms with Crippen molar-refractivity contribution in [1.29, 1.82) is 0 Å². The number of pyridine rings is 1. The van der Waals surface area contributed by atoms with Gasteiger partial charge in [0.25, 0.3) is 0 Å². The number of thiol groups is 1. The monoisotopic (exact) mass is 172 g/mol. The third-order valence-corrected chi connectivity index (χ3v) is 1.92. The molecule has 0 aliphatic carbocycles. The third-order valence-electron chi connectivity index (χ3n) is 1.23. The molecule has 5 heteroatoms. The summed E-state index contributed by atoms with van der Waals surface area (Å²) < 4.78 is 21.9. The van der Waals surface area contributed by atoms with Crippen molar-refractivity contribution in [2.45, 2.75) is 0 Å². The number of anilines is 1. The number of hydrogen-bond donors (Lipinski definition) is 1. The van der Waals surface area contributed by atoms with Gasteiger partial charge in [0.05, 0.1) is 0 Å². The quantitative estimate of drug-likeness (QED) is 0.641. The summed E-state index contributed by atoms with van der Waals surface area (Å²) in [5.74, 6) is 0.434. The Morgan fingerprint density at radius 2 is 2.18 bits per heavy atom. The van der Waals surface area contributed by atoms with Gasteiger partial charge in [-0.05, 0) is 12.1 Å². The predicted octanol–water partition coefficient (Wildman–Crippen LogP) is 0.0442. The highest BCUT2D eigenvalue weighted by atomic mass is 32.2. The van der Waals surface area contributed by atoms with E-state index in [0.717, 1.165) is 4.31 Å². The second-order valence-corrected chi connectivity index (χ2v) is 3.03. The van der Waals surface area contributed by atoms with Crippen LogP contribution < -0.4 is 4.31 Å². The first-order valence-corrected chi connectivity index (χ1v) is 4.14. The van der Waals surface area contributed by atoms with E-state index in [4.69, 9.17) is 0 Å². The molecule has 1 aromatic heterocycles. The summed E-state index contributed by atoms with van der Waals surface area (Å²) in [4.78, 5) is 3.84. The number of rotatable bonds is 2. The molecule has 0 spiro atoms. The highest BCUT2D eigenvalue weighted by Gasteiger charge is 1.99. The number of nitrogens with zero attached hydrogens (tertiary/aromatic N) is 2. The molecule has 4 nitrogen and oxygen atoms in total. The van der Waals surface area contributed by atoms with E-state index < -0.39 is 10.9 Å². The van der Waals surface area contributed by atoms with Crippen LogP contribution in [0.5, 0.6) is 0 Å². The molecule has 1 aromatic rings. The Kier molecular flexibility index (Phi) is 2.43. The molecule has 11 heavy (non-hydrogen) atoms. The van der Waals surface area contributed by atoms with Crippen LogP contribution in [0, 0.1) is 0 Å². The zero-order valence-corrected chi connectivity index (χ0v) is 6.86. The SMILES string of the molecule is CN(c1ccccn1)[SH](=O)=O. The topological polar surface area (TPSA) is 50.3 Å². The summed E-state index contributed by atoms with van der Waals surface area (Å²) in [5.41, 5.74) is 0. The van der Waals surface area contributed by atoms with Gasteiger partial charge in [-0.2, -0.15) is 0 Å². The summed E-state index contributed by atoms with van der Waals surface area (Å²) in [6.07, 6.45) is 1.55. The van der Waals surface area contributed by atoms with Crippen molar-refractivity contribution in [2.24, 2.45) is 0 Å². The van der Waals surface area contributed by atoms with E-state index in [0.29, 0.717) is 5.82 Å². The molecule has 0 aromatic carbocycles. The maximum absolute atomic E-state index is 10.4. The van der Waals surface area contributed by atoms with Crippen LogP contribution >= 0.6 is 0 Å². The van der Waals surface area contributed by atoms with Gasteiger partial charge in [0.15, 0.2) is 0 Å². The van der Waals surface area contributed by atoms with Crippen LogP contribution in [0.15, 0.2) is 24.4 Å². The smallest absolute Gasteiger partial charge is 0.225 e. The van der Waals surface area contributed by atoms with E-state index in [9.17, 15) is 8.42 Å². The van der Waals surface area contributed by atoms with Crippen LogP contribution in [0.1, 0.15) is 0 Å². The molecule has 60 valence electrons. The molecule has 0 saturated heterocycles. The van der Waals surface area contributed by atoms with Crippen LogP contribution in [-0.2, 0) is 10.9 Å². The first-order valence-electron chi connectivity index (χ1n) is 3.01. The van der Waals surface area contributed by atoms with Crippen molar-refractivity contribution in [3.63, 3.8) is 0 Å². The Bertz CT molecular complexity index is 289. The Morgan fingerprint density at radius 1 is 1.45 bits per heavy atom. The molecular weight excluding hydrogens is 164 g/mol. The molecule has 1 rings (SSSR count). The average molecular weight is 172 g/mol. The molecule has 0 fully saturated rings. The number of hydrogen-bond acceptors (Lipinski definition) is 3. The molecule has 0 N–H and O–H groups in total. The van der Waals surface area contributed by atoms with E-state index in [1.807, 2.05) is 0 Å². The molecule has 0 radical (unpaired) electrons. The molecule has 0 amide bonds. The van der Waals surface area contributed by atoms with Crippen molar-refractivity contribution in [3.8, 4) is 0 Å². The minimum atomic E-state index is -2.57. The molecule has 0 bridgehead atoms. The molecule has 0 saturated carbocycles. The highest BCUT2D eigenvalue weighted by Crippen LogP contribution is 2.05. The van der Waals surface area contributed by atoms with Crippen molar-refractivity contribution in [2.75, 3.05) is 11.4 Å². The van der Waals surface area contributed by atoms with Gasteiger partial charge in [-0.3, -0.25) is 4.31 Å². The lowest BCUT2D eigenvalue weighted by Gasteiger charge is -2.07. The normalized spacial score (nSPS) is 10.0. The van der Waals surface area contributed by atoms with Gasteiger partial charge in [0, 0.05) is 13.2 Å². The second-order valence-electron chi connectivity index (χ2n) is 1.95. The standard InChI is InChI=1S/C6H8N2O2S/c1-8(11(9)10)6-4-2-3-5-7-6/h2-5,11H,1H3. The Labute approximate surface area is 66.6 Å². The maximum Gasteiger partial charge on any atom is 0.225 e. The van der Waals surface area contributed by atoms with Gasteiger partial charge in [-0.1, -0.05) is 6.07 Å². The van der Waals surface area contributed by atoms with Crippen LogP contribution in [0.3, 0.4) is 0 Å². The average Bonchev–Trinajstić information content (AvgIpc) is 2.05. The van der Waals surface area contributed by atoms with Gasteiger partial charge in [0.2, 0.25) is 10.9 Å². The van der Waals surface area contributed by atoms with E-state index in [1.54, 1.807) is 24.4 Å². The van der Waals surface area contributed by atoms with Gasteiger partial charge in [0.1, 0.15) is 5.82 Å². The van der Waals surface area contributed by atoms with Crippen LogP contribution in [0.2, 0.25) is 0 Å². The lowest BCUT2D eigenvalue weighted by atomic mass is 10.5. The summed E-state index contributed by atoms with van der Waals surface area (Å²) in [5, 5.41) is 0. The van der Waals surface area contributed by atoms with Gasteiger partial charge < -0.3 is 0 Å². The molecule has 1 heterocycles. The van der Waals surface area contributed by atoms with E-state index in [2.05, 4.69) is 4.98 Å². The Balaban J connectivity index is 2.94. The van der Waals surface area contributed by atoms with Gasteiger partial charge in [-0.25, -0.2) is 13.4 Å². The Morgan fingerprint density at radius 3 is 2.64 bits per heavy atom. The van der Waals surface area contributed by atoms with Crippen LogP contribution in [0.4, 0.5) is 5.82 Å². The summed E-state index contributed by atoms with van der Waals surface area (Å²) in [6.45, 7) is 0. The summed E-state index contributed by atoms with van der Waals surface area (Å²) >= 11 is 0. The number of aromatic nitrogens is 1. The van der Waals surface area contributed by atoms with E-state index in [1.165, 1.54) is 7.05 Å². The zero-order chi connectivity index (χ0) is 8.27. The summed E-state index contributed by atoms with van der Waals surface area (Å²) in [7, 11) is -1.11. The van der Waals surface area contributed by atoms with Gasteiger partial charge >= 0.3 is 0 Å². The van der Waals surface area contributed by atoms with Crippen molar-refractivity contribution < 1.29 is 8.42 Å². The van der Waals surface area contributed by atoms with Crippen molar-refractivity contribution in [3.05, 3.63) is 24.4 Å². The van der Waals surface area contributed by atoms with Crippen LogP contribution in [0.25, 0.3) is 0 Å². The fraction of sp³-hybridized carbons (Fsp3) is 0.167.